The molecule has 1 heterocycles. The van der Waals surface area contributed by atoms with Crippen LogP contribution in [-0.4, -0.2) is 12.6 Å². The summed E-state index contributed by atoms with van der Waals surface area (Å²) >= 11 is 12.6. The highest BCUT2D eigenvalue weighted by Gasteiger charge is 2.27. The van der Waals surface area contributed by atoms with Crippen LogP contribution in [0.3, 0.4) is 0 Å². The molecule has 98 valence electrons. The van der Waals surface area contributed by atoms with Crippen molar-refractivity contribution in [2.75, 3.05) is 6.54 Å². The molecule has 0 fully saturated rings. The zero-order chi connectivity index (χ0) is 13.4. The van der Waals surface area contributed by atoms with Gasteiger partial charge in [-0.05, 0) is 17.7 Å². The molecule has 2 nitrogen and oxygen atoms in total. The molecule has 2 aromatic rings. The van der Waals surface area contributed by atoms with Crippen molar-refractivity contribution in [3.8, 4) is 16.9 Å². The summed E-state index contributed by atoms with van der Waals surface area (Å²) in [7, 11) is 0. The van der Waals surface area contributed by atoms with Gasteiger partial charge in [-0.2, -0.15) is 0 Å². The van der Waals surface area contributed by atoms with E-state index in [1.807, 2.05) is 36.4 Å². The minimum absolute atomic E-state index is 0.0229. The standard InChI is InChI=1S/C15H13Cl2NO/c16-12-4-2-1-3-11(12)14-13(17)6-5-9-7-10(8-18)19-15(9)14/h1-6,10H,7-8,18H2/t10-/m0/s1. The molecule has 0 amide bonds. The highest BCUT2D eigenvalue weighted by Crippen LogP contribution is 2.45. The third-order valence-corrected chi connectivity index (χ3v) is 3.97. The number of fused-ring (bicyclic) bond motifs is 1. The Morgan fingerprint density at radius 1 is 1.11 bits per heavy atom. The van der Waals surface area contributed by atoms with Crippen LogP contribution in [-0.2, 0) is 6.42 Å². The monoisotopic (exact) mass is 293 g/mol. The zero-order valence-electron chi connectivity index (χ0n) is 10.2. The summed E-state index contributed by atoms with van der Waals surface area (Å²) < 4.78 is 5.91. The topological polar surface area (TPSA) is 35.2 Å². The molecule has 1 aliphatic heterocycles. The molecule has 19 heavy (non-hydrogen) atoms. The van der Waals surface area contributed by atoms with Crippen molar-refractivity contribution in [3.05, 3.63) is 52.0 Å². The molecule has 0 unspecified atom stereocenters. The number of benzene rings is 2. The lowest BCUT2D eigenvalue weighted by Gasteiger charge is -2.13. The summed E-state index contributed by atoms with van der Waals surface area (Å²) in [5.74, 6) is 0.816. The minimum atomic E-state index is 0.0229. The van der Waals surface area contributed by atoms with Gasteiger partial charge < -0.3 is 10.5 Å². The number of nitrogens with two attached hydrogens (primary N) is 1. The molecular formula is C15H13Cl2NO. The molecule has 0 spiro atoms. The van der Waals surface area contributed by atoms with Gasteiger partial charge in [-0.25, -0.2) is 0 Å². The molecule has 2 N–H and O–H groups in total. The maximum Gasteiger partial charge on any atom is 0.132 e. The van der Waals surface area contributed by atoms with Gasteiger partial charge in [0.2, 0.25) is 0 Å². The lowest BCUT2D eigenvalue weighted by Crippen LogP contribution is -2.24. The van der Waals surface area contributed by atoms with Gasteiger partial charge in [0.1, 0.15) is 11.9 Å². The summed E-state index contributed by atoms with van der Waals surface area (Å²) in [4.78, 5) is 0. The summed E-state index contributed by atoms with van der Waals surface area (Å²) in [5.41, 5.74) is 8.57. The van der Waals surface area contributed by atoms with E-state index >= 15 is 0 Å². The molecule has 0 radical (unpaired) electrons. The van der Waals surface area contributed by atoms with Crippen molar-refractivity contribution in [3.63, 3.8) is 0 Å². The van der Waals surface area contributed by atoms with E-state index in [-0.39, 0.29) is 6.10 Å². The molecule has 0 saturated heterocycles. The predicted molar refractivity (Wildman–Crippen MR) is 79.1 cm³/mol. The average Bonchev–Trinajstić information content (AvgIpc) is 2.83. The van der Waals surface area contributed by atoms with Crippen LogP contribution in [0.15, 0.2) is 36.4 Å². The smallest absolute Gasteiger partial charge is 0.132 e. The fraction of sp³-hybridized carbons (Fsp3) is 0.200. The Kier molecular flexibility index (Phi) is 3.40. The van der Waals surface area contributed by atoms with Crippen LogP contribution in [0.5, 0.6) is 5.75 Å². The van der Waals surface area contributed by atoms with E-state index in [2.05, 4.69) is 0 Å². The van der Waals surface area contributed by atoms with Crippen molar-refractivity contribution >= 4 is 23.2 Å². The quantitative estimate of drug-likeness (QED) is 0.911. The Morgan fingerprint density at radius 3 is 2.63 bits per heavy atom. The Morgan fingerprint density at radius 2 is 1.89 bits per heavy atom. The number of hydrogen-bond acceptors (Lipinski definition) is 2. The third-order valence-electron chi connectivity index (χ3n) is 3.33. The summed E-state index contributed by atoms with van der Waals surface area (Å²) in [6.07, 6.45) is 0.843. The van der Waals surface area contributed by atoms with Crippen LogP contribution in [0, 0.1) is 0 Å². The van der Waals surface area contributed by atoms with Gasteiger partial charge in [0.25, 0.3) is 0 Å². The van der Waals surface area contributed by atoms with E-state index in [4.69, 9.17) is 33.7 Å². The zero-order valence-corrected chi connectivity index (χ0v) is 11.7. The van der Waals surface area contributed by atoms with E-state index in [0.717, 1.165) is 28.9 Å². The SMILES string of the molecule is NC[C@@H]1Cc2ccc(Cl)c(-c3ccccc3Cl)c2O1. The van der Waals surface area contributed by atoms with Gasteiger partial charge in [-0.3, -0.25) is 0 Å². The number of halogens is 2. The molecule has 0 saturated carbocycles. The van der Waals surface area contributed by atoms with E-state index < -0.39 is 0 Å². The van der Waals surface area contributed by atoms with Gasteiger partial charge >= 0.3 is 0 Å². The van der Waals surface area contributed by atoms with Gasteiger partial charge in [0.15, 0.2) is 0 Å². The fourth-order valence-corrected chi connectivity index (χ4v) is 2.88. The van der Waals surface area contributed by atoms with Gasteiger partial charge in [-0.1, -0.05) is 47.5 Å². The third kappa shape index (κ3) is 2.20. The molecule has 0 aliphatic carbocycles. The molecule has 4 heteroatoms. The largest absolute Gasteiger partial charge is 0.488 e. The van der Waals surface area contributed by atoms with Crippen LogP contribution in [0.2, 0.25) is 10.0 Å². The van der Waals surface area contributed by atoms with Crippen molar-refractivity contribution in [2.45, 2.75) is 12.5 Å². The lowest BCUT2D eigenvalue weighted by atomic mass is 10.0. The lowest BCUT2D eigenvalue weighted by molar-refractivity contribution is 0.242. The van der Waals surface area contributed by atoms with Gasteiger partial charge in [0.05, 0.1) is 5.02 Å². The second-order valence-electron chi connectivity index (χ2n) is 4.57. The number of hydrogen-bond donors (Lipinski definition) is 1. The Bertz CT molecular complexity index is 628. The van der Waals surface area contributed by atoms with Crippen LogP contribution in [0.1, 0.15) is 5.56 Å². The number of ether oxygens (including phenoxy) is 1. The average molecular weight is 294 g/mol. The summed E-state index contributed by atoms with van der Waals surface area (Å²) in [6.45, 7) is 0.494. The normalized spacial score (nSPS) is 17.1. The summed E-state index contributed by atoms with van der Waals surface area (Å²) in [6, 6.07) is 11.5. The molecule has 3 rings (SSSR count). The summed E-state index contributed by atoms with van der Waals surface area (Å²) in [5, 5.41) is 1.31. The van der Waals surface area contributed by atoms with E-state index in [1.165, 1.54) is 0 Å². The maximum atomic E-state index is 6.34. The Hall–Kier alpha value is -1.22. The molecule has 1 atom stereocenters. The van der Waals surface area contributed by atoms with Gasteiger partial charge in [0, 0.05) is 29.1 Å². The van der Waals surface area contributed by atoms with Crippen molar-refractivity contribution < 1.29 is 4.74 Å². The van der Waals surface area contributed by atoms with E-state index in [0.29, 0.717) is 16.6 Å². The highest BCUT2D eigenvalue weighted by molar-refractivity contribution is 6.36. The molecule has 0 bridgehead atoms. The molecule has 2 aromatic carbocycles. The predicted octanol–water partition coefficient (Wildman–Crippen LogP) is 3.92. The molecule has 1 aliphatic rings. The molecular weight excluding hydrogens is 281 g/mol. The first kappa shape index (κ1) is 12.8. The van der Waals surface area contributed by atoms with Crippen LogP contribution < -0.4 is 10.5 Å². The van der Waals surface area contributed by atoms with Crippen molar-refractivity contribution in [2.24, 2.45) is 5.73 Å². The first-order valence-electron chi connectivity index (χ1n) is 6.13. The highest BCUT2D eigenvalue weighted by atomic mass is 35.5. The Balaban J connectivity index is 2.18. The second-order valence-corrected chi connectivity index (χ2v) is 5.38. The first-order chi connectivity index (χ1) is 9.20. The fourth-order valence-electron chi connectivity index (χ4n) is 2.40. The first-order valence-corrected chi connectivity index (χ1v) is 6.89. The van der Waals surface area contributed by atoms with E-state index in [1.54, 1.807) is 0 Å². The van der Waals surface area contributed by atoms with Crippen LogP contribution >= 0.6 is 23.2 Å². The van der Waals surface area contributed by atoms with Crippen molar-refractivity contribution in [1.29, 1.82) is 0 Å². The van der Waals surface area contributed by atoms with Crippen LogP contribution in [0.25, 0.3) is 11.1 Å². The minimum Gasteiger partial charge on any atom is -0.488 e. The number of rotatable bonds is 2. The Labute approximate surface area is 122 Å². The van der Waals surface area contributed by atoms with Crippen LogP contribution in [0.4, 0.5) is 0 Å². The molecule has 0 aromatic heterocycles. The second kappa shape index (κ2) is 5.04. The maximum absolute atomic E-state index is 6.34. The van der Waals surface area contributed by atoms with Crippen molar-refractivity contribution in [1.82, 2.24) is 0 Å². The van der Waals surface area contributed by atoms with E-state index in [9.17, 15) is 0 Å². The van der Waals surface area contributed by atoms with Gasteiger partial charge in [-0.15, -0.1) is 0 Å².